The molecule has 36 heavy (non-hydrogen) atoms. The van der Waals surface area contributed by atoms with Gasteiger partial charge in [0.05, 0.1) is 24.6 Å². The molecular weight excluding hydrogens is 457 g/mol. The quantitative estimate of drug-likeness (QED) is 0.284. The van der Waals surface area contributed by atoms with Crippen molar-refractivity contribution in [1.29, 1.82) is 0 Å². The van der Waals surface area contributed by atoms with Crippen molar-refractivity contribution in [1.82, 2.24) is 4.57 Å². The molecule has 0 unspecified atom stereocenters. The van der Waals surface area contributed by atoms with Gasteiger partial charge < -0.3 is 24.8 Å². The SMILES string of the molecule is COc1ccc(Cn2c(NCc3cc4ccccc4o3)c(C(C)(C)C(N)=O)c3ccccc32)cc1F. The molecule has 0 atom stereocenters. The molecule has 2 aromatic heterocycles. The van der Waals surface area contributed by atoms with Crippen LogP contribution in [0.1, 0.15) is 30.7 Å². The van der Waals surface area contributed by atoms with Gasteiger partial charge in [-0.05, 0) is 49.7 Å². The lowest BCUT2D eigenvalue weighted by atomic mass is 9.83. The second kappa shape index (κ2) is 9.07. The standard InChI is InChI=1S/C29H28FN3O3/c1-29(2,28(31)34)26-21-9-5-6-10-23(21)33(17-18-12-13-25(35-3)22(30)14-18)27(26)32-16-20-15-19-8-4-7-11-24(19)36-20/h4-15,32H,16-17H2,1-3H3,(H2,31,34). The van der Waals surface area contributed by atoms with E-state index >= 15 is 0 Å². The first-order valence-electron chi connectivity index (χ1n) is 11.7. The number of furan rings is 1. The lowest BCUT2D eigenvalue weighted by Gasteiger charge is -2.23. The Labute approximate surface area is 208 Å². The molecule has 0 aliphatic rings. The number of ether oxygens (including phenoxy) is 1. The van der Waals surface area contributed by atoms with Crippen molar-refractivity contribution in [2.24, 2.45) is 5.73 Å². The van der Waals surface area contributed by atoms with Crippen molar-refractivity contribution in [3.05, 3.63) is 95.5 Å². The maximum Gasteiger partial charge on any atom is 0.227 e. The van der Waals surface area contributed by atoms with Crippen LogP contribution in [0.15, 0.2) is 77.2 Å². The average Bonchev–Trinajstić information content (AvgIpc) is 3.41. The summed E-state index contributed by atoms with van der Waals surface area (Å²) in [4.78, 5) is 12.6. The predicted octanol–water partition coefficient (Wildman–Crippen LogP) is 5.96. The lowest BCUT2D eigenvalue weighted by molar-refractivity contribution is -0.122. The Morgan fingerprint density at radius 2 is 1.83 bits per heavy atom. The number of aromatic nitrogens is 1. The van der Waals surface area contributed by atoms with Crippen LogP contribution in [-0.2, 0) is 23.3 Å². The van der Waals surface area contributed by atoms with E-state index in [-0.39, 0.29) is 5.75 Å². The molecule has 3 N–H and O–H groups in total. The fourth-order valence-electron chi connectivity index (χ4n) is 4.69. The molecule has 184 valence electrons. The Hall–Kier alpha value is -4.26. The highest BCUT2D eigenvalue weighted by molar-refractivity contribution is 5.98. The summed E-state index contributed by atoms with van der Waals surface area (Å²) in [6, 6.07) is 22.6. The van der Waals surface area contributed by atoms with Crippen molar-refractivity contribution >= 4 is 33.6 Å². The Morgan fingerprint density at radius 1 is 1.08 bits per heavy atom. The number of hydrogen-bond donors (Lipinski definition) is 2. The van der Waals surface area contributed by atoms with Gasteiger partial charge in [0.15, 0.2) is 11.6 Å². The van der Waals surface area contributed by atoms with Gasteiger partial charge in [0.25, 0.3) is 0 Å². The normalized spacial score (nSPS) is 11.8. The number of primary amides is 1. The van der Waals surface area contributed by atoms with Gasteiger partial charge in [0, 0.05) is 22.9 Å². The largest absolute Gasteiger partial charge is 0.494 e. The summed E-state index contributed by atoms with van der Waals surface area (Å²) < 4.78 is 27.7. The number of hydrogen-bond acceptors (Lipinski definition) is 4. The fourth-order valence-corrected chi connectivity index (χ4v) is 4.69. The lowest BCUT2D eigenvalue weighted by Crippen LogP contribution is -2.36. The summed E-state index contributed by atoms with van der Waals surface area (Å²) >= 11 is 0. The van der Waals surface area contributed by atoms with Gasteiger partial charge in [-0.1, -0.05) is 42.5 Å². The Bertz CT molecular complexity index is 1550. The molecule has 0 saturated heterocycles. The van der Waals surface area contributed by atoms with Gasteiger partial charge in [-0.25, -0.2) is 4.39 Å². The molecule has 0 bridgehead atoms. The van der Waals surface area contributed by atoms with E-state index in [9.17, 15) is 9.18 Å². The number of fused-ring (bicyclic) bond motifs is 2. The zero-order valence-corrected chi connectivity index (χ0v) is 20.5. The molecule has 3 aromatic carbocycles. The first-order valence-corrected chi connectivity index (χ1v) is 11.7. The van der Waals surface area contributed by atoms with Gasteiger partial charge in [-0.2, -0.15) is 0 Å². The number of nitrogens with one attached hydrogen (secondary N) is 1. The number of anilines is 1. The van der Waals surface area contributed by atoms with Gasteiger partial charge in [-0.15, -0.1) is 0 Å². The van der Waals surface area contributed by atoms with Gasteiger partial charge in [-0.3, -0.25) is 4.79 Å². The molecule has 0 aliphatic heterocycles. The highest BCUT2D eigenvalue weighted by Crippen LogP contribution is 2.40. The summed E-state index contributed by atoms with van der Waals surface area (Å²) in [6.07, 6.45) is 0. The molecule has 7 heteroatoms. The van der Waals surface area contributed by atoms with Crippen LogP contribution in [0.5, 0.6) is 5.75 Å². The van der Waals surface area contributed by atoms with Crippen LogP contribution < -0.4 is 15.8 Å². The number of carbonyl (C=O) groups is 1. The molecule has 5 aromatic rings. The van der Waals surface area contributed by atoms with E-state index in [0.717, 1.165) is 44.6 Å². The van der Waals surface area contributed by atoms with Crippen LogP contribution >= 0.6 is 0 Å². The number of carbonyl (C=O) groups excluding carboxylic acids is 1. The van der Waals surface area contributed by atoms with Crippen LogP contribution in [0.3, 0.4) is 0 Å². The zero-order chi connectivity index (χ0) is 25.4. The molecule has 0 radical (unpaired) electrons. The minimum absolute atomic E-state index is 0.190. The number of nitrogens with zero attached hydrogens (tertiary/aromatic N) is 1. The number of halogens is 1. The topological polar surface area (TPSA) is 82.4 Å². The third kappa shape index (κ3) is 4.06. The zero-order valence-electron chi connectivity index (χ0n) is 20.5. The predicted molar refractivity (Wildman–Crippen MR) is 140 cm³/mol. The third-order valence-electron chi connectivity index (χ3n) is 6.68. The molecule has 6 nitrogen and oxygen atoms in total. The summed E-state index contributed by atoms with van der Waals surface area (Å²) in [5.74, 6) is 0.812. The number of methoxy groups -OCH3 is 1. The summed E-state index contributed by atoms with van der Waals surface area (Å²) in [6.45, 7) is 4.41. The Balaban J connectivity index is 1.64. The van der Waals surface area contributed by atoms with E-state index < -0.39 is 17.1 Å². The van der Waals surface area contributed by atoms with Crippen molar-refractivity contribution in [3.8, 4) is 5.75 Å². The Morgan fingerprint density at radius 3 is 2.56 bits per heavy atom. The molecule has 0 aliphatic carbocycles. The maximum atomic E-state index is 14.5. The number of rotatable bonds is 8. The van der Waals surface area contributed by atoms with Crippen molar-refractivity contribution in [3.63, 3.8) is 0 Å². The average molecular weight is 486 g/mol. The fraction of sp³-hybridized carbons (Fsp3) is 0.207. The number of nitrogens with two attached hydrogens (primary N) is 1. The number of amides is 1. The summed E-state index contributed by atoms with van der Waals surface area (Å²) in [5.41, 5.74) is 8.17. The van der Waals surface area contributed by atoms with E-state index in [1.54, 1.807) is 6.07 Å². The van der Waals surface area contributed by atoms with Crippen LogP contribution in [0, 0.1) is 5.82 Å². The second-order valence-electron chi connectivity index (χ2n) is 9.39. The van der Waals surface area contributed by atoms with Crippen molar-refractivity contribution in [2.75, 3.05) is 12.4 Å². The monoisotopic (exact) mass is 485 g/mol. The van der Waals surface area contributed by atoms with E-state index in [4.69, 9.17) is 14.9 Å². The summed E-state index contributed by atoms with van der Waals surface area (Å²) in [7, 11) is 1.44. The number of benzene rings is 3. The van der Waals surface area contributed by atoms with E-state index in [0.29, 0.717) is 13.1 Å². The highest BCUT2D eigenvalue weighted by Gasteiger charge is 2.35. The number of para-hydroxylation sites is 2. The van der Waals surface area contributed by atoms with Crippen molar-refractivity contribution in [2.45, 2.75) is 32.4 Å². The molecule has 0 spiro atoms. The maximum absolute atomic E-state index is 14.5. The Kier molecular flexibility index (Phi) is 5.92. The molecule has 1 amide bonds. The van der Waals surface area contributed by atoms with Crippen LogP contribution in [-0.4, -0.2) is 17.6 Å². The van der Waals surface area contributed by atoms with Gasteiger partial charge >= 0.3 is 0 Å². The molecule has 2 heterocycles. The minimum Gasteiger partial charge on any atom is -0.494 e. The molecular formula is C29H28FN3O3. The first kappa shape index (κ1) is 23.5. The van der Waals surface area contributed by atoms with E-state index in [2.05, 4.69) is 9.88 Å². The molecule has 5 rings (SSSR count). The van der Waals surface area contributed by atoms with Crippen LogP contribution in [0.25, 0.3) is 21.9 Å². The molecule has 0 saturated carbocycles. The smallest absolute Gasteiger partial charge is 0.227 e. The highest BCUT2D eigenvalue weighted by atomic mass is 19.1. The molecule has 0 fully saturated rings. The van der Waals surface area contributed by atoms with Crippen LogP contribution in [0.4, 0.5) is 10.2 Å². The second-order valence-corrected chi connectivity index (χ2v) is 9.39. The minimum atomic E-state index is -0.966. The van der Waals surface area contributed by atoms with Crippen molar-refractivity contribution < 1.29 is 18.3 Å². The van der Waals surface area contributed by atoms with Crippen LogP contribution in [0.2, 0.25) is 0 Å². The van der Waals surface area contributed by atoms with Gasteiger partial charge in [0.2, 0.25) is 5.91 Å². The van der Waals surface area contributed by atoms with Gasteiger partial charge in [0.1, 0.15) is 17.2 Å². The van der Waals surface area contributed by atoms with E-state index in [1.807, 2.05) is 74.5 Å². The summed E-state index contributed by atoms with van der Waals surface area (Å²) in [5, 5.41) is 5.43. The third-order valence-corrected chi connectivity index (χ3v) is 6.68. The van der Waals surface area contributed by atoms with E-state index in [1.165, 1.54) is 13.2 Å². The first-order chi connectivity index (χ1) is 17.3.